The number of anilines is 1. The number of nitrogens with two attached hydrogens (primary N) is 1. The number of ether oxygens (including phenoxy) is 1. The molecule has 6 nitrogen and oxygen atoms in total. The van der Waals surface area contributed by atoms with Gasteiger partial charge in [0.05, 0.1) is 11.1 Å². The molecule has 23 heavy (non-hydrogen) atoms. The molecule has 8 heteroatoms. The van der Waals surface area contributed by atoms with Crippen LogP contribution in [0.3, 0.4) is 0 Å². The molecule has 120 valence electrons. The van der Waals surface area contributed by atoms with E-state index < -0.39 is 23.9 Å². The number of rotatable bonds is 5. The predicted octanol–water partition coefficient (Wildman–Crippen LogP) is 2.64. The molecule has 0 radical (unpaired) electrons. The number of amides is 2. The number of hydrogen-bond donors (Lipinski definition) is 2. The molecule has 0 spiro atoms. The zero-order valence-corrected chi connectivity index (χ0v) is 15.0. The zero-order valence-electron chi connectivity index (χ0n) is 12.0. The van der Waals surface area contributed by atoms with Crippen molar-refractivity contribution in [3.63, 3.8) is 0 Å². The zero-order chi connectivity index (χ0) is 17.0. The van der Waals surface area contributed by atoms with Crippen molar-refractivity contribution in [3.05, 3.63) is 50.4 Å². The Bertz CT molecular complexity index is 742. The second kappa shape index (κ2) is 7.55. The van der Waals surface area contributed by atoms with Crippen LogP contribution in [0.4, 0.5) is 5.00 Å². The first-order valence-corrected chi connectivity index (χ1v) is 8.49. The summed E-state index contributed by atoms with van der Waals surface area (Å²) in [6.07, 6.45) is -1.01. The SMILES string of the molecule is CC(OC(=O)c1ccc(I)cc1)C(=O)Nc1sccc1C(N)=O. The van der Waals surface area contributed by atoms with Crippen LogP contribution in [-0.2, 0) is 9.53 Å². The molecule has 2 rings (SSSR count). The van der Waals surface area contributed by atoms with Gasteiger partial charge >= 0.3 is 5.97 Å². The van der Waals surface area contributed by atoms with Gasteiger partial charge < -0.3 is 15.8 Å². The molecule has 1 unspecified atom stereocenters. The monoisotopic (exact) mass is 444 g/mol. The lowest BCUT2D eigenvalue weighted by molar-refractivity contribution is -0.123. The molecule has 0 saturated heterocycles. The van der Waals surface area contributed by atoms with E-state index >= 15 is 0 Å². The van der Waals surface area contributed by atoms with E-state index in [0.29, 0.717) is 10.6 Å². The second-order valence-corrected chi connectivity index (χ2v) is 6.73. The normalized spacial score (nSPS) is 11.6. The van der Waals surface area contributed by atoms with Gasteiger partial charge in [-0.25, -0.2) is 4.79 Å². The summed E-state index contributed by atoms with van der Waals surface area (Å²) >= 11 is 3.29. The highest BCUT2D eigenvalue weighted by atomic mass is 127. The first-order valence-electron chi connectivity index (χ1n) is 6.53. The number of thiophene rings is 1. The van der Waals surface area contributed by atoms with Gasteiger partial charge in [-0.05, 0) is 65.2 Å². The Morgan fingerprint density at radius 2 is 1.87 bits per heavy atom. The van der Waals surface area contributed by atoms with Crippen molar-refractivity contribution in [2.24, 2.45) is 5.73 Å². The quantitative estimate of drug-likeness (QED) is 0.547. The molecular weight excluding hydrogens is 431 g/mol. The summed E-state index contributed by atoms with van der Waals surface area (Å²) < 4.78 is 6.11. The molecule has 2 amide bonds. The van der Waals surface area contributed by atoms with Crippen molar-refractivity contribution in [2.75, 3.05) is 5.32 Å². The summed E-state index contributed by atoms with van der Waals surface area (Å²) in [5.74, 6) is -1.76. The van der Waals surface area contributed by atoms with Crippen molar-refractivity contribution < 1.29 is 19.1 Å². The number of nitrogens with one attached hydrogen (secondary N) is 1. The van der Waals surface area contributed by atoms with Crippen LogP contribution in [0.2, 0.25) is 0 Å². The third kappa shape index (κ3) is 4.52. The third-order valence-corrected chi connectivity index (χ3v) is 4.45. The maximum absolute atomic E-state index is 12.1. The Hall–Kier alpha value is -1.94. The van der Waals surface area contributed by atoms with Crippen molar-refractivity contribution in [2.45, 2.75) is 13.0 Å². The summed E-state index contributed by atoms with van der Waals surface area (Å²) in [7, 11) is 0. The fourth-order valence-corrected chi connectivity index (χ4v) is 2.84. The minimum absolute atomic E-state index is 0.222. The Morgan fingerprint density at radius 1 is 1.22 bits per heavy atom. The Kier molecular flexibility index (Phi) is 5.72. The van der Waals surface area contributed by atoms with E-state index in [2.05, 4.69) is 27.9 Å². The number of carbonyl (C=O) groups excluding carboxylic acids is 3. The van der Waals surface area contributed by atoms with E-state index in [-0.39, 0.29) is 5.56 Å². The highest BCUT2D eigenvalue weighted by Crippen LogP contribution is 2.23. The Morgan fingerprint density at radius 3 is 2.48 bits per heavy atom. The molecule has 1 heterocycles. The van der Waals surface area contributed by atoms with Crippen molar-refractivity contribution in [3.8, 4) is 0 Å². The predicted molar refractivity (Wildman–Crippen MR) is 95.5 cm³/mol. The van der Waals surface area contributed by atoms with Crippen molar-refractivity contribution >= 4 is 56.7 Å². The molecular formula is C15H13IN2O4S. The van der Waals surface area contributed by atoms with Gasteiger partial charge in [0.25, 0.3) is 11.8 Å². The molecule has 1 aromatic heterocycles. The van der Waals surface area contributed by atoms with E-state index in [9.17, 15) is 14.4 Å². The average molecular weight is 444 g/mol. The number of hydrogen-bond acceptors (Lipinski definition) is 5. The standard InChI is InChI=1S/C15H13IN2O4S/c1-8(22-15(21)9-2-4-10(16)5-3-9)13(20)18-14-11(12(17)19)6-7-23-14/h2-8H,1H3,(H2,17,19)(H,18,20). The lowest BCUT2D eigenvalue weighted by atomic mass is 10.2. The van der Waals surface area contributed by atoms with E-state index in [0.717, 1.165) is 3.57 Å². The summed E-state index contributed by atoms with van der Waals surface area (Å²) in [4.78, 5) is 35.3. The maximum Gasteiger partial charge on any atom is 0.338 e. The average Bonchev–Trinajstić information content (AvgIpc) is 2.96. The van der Waals surface area contributed by atoms with Crippen LogP contribution in [0.1, 0.15) is 27.6 Å². The van der Waals surface area contributed by atoms with Gasteiger partial charge in [0.2, 0.25) is 0 Å². The van der Waals surface area contributed by atoms with Gasteiger partial charge in [-0.3, -0.25) is 9.59 Å². The maximum atomic E-state index is 12.1. The molecule has 2 aromatic rings. The minimum atomic E-state index is -1.01. The Labute approximate surface area is 150 Å². The lowest BCUT2D eigenvalue weighted by Gasteiger charge is -2.13. The van der Waals surface area contributed by atoms with Gasteiger partial charge in [-0.2, -0.15) is 0 Å². The topological polar surface area (TPSA) is 98.5 Å². The summed E-state index contributed by atoms with van der Waals surface area (Å²) in [6, 6.07) is 8.31. The molecule has 0 aliphatic carbocycles. The molecule has 3 N–H and O–H groups in total. The smallest absolute Gasteiger partial charge is 0.338 e. The van der Waals surface area contributed by atoms with Gasteiger partial charge in [0, 0.05) is 3.57 Å². The van der Waals surface area contributed by atoms with E-state index in [1.165, 1.54) is 24.3 Å². The van der Waals surface area contributed by atoms with Gasteiger partial charge in [-0.15, -0.1) is 11.3 Å². The van der Waals surface area contributed by atoms with Crippen molar-refractivity contribution in [1.82, 2.24) is 0 Å². The van der Waals surface area contributed by atoms with Crippen LogP contribution in [0.5, 0.6) is 0 Å². The molecule has 0 aliphatic rings. The minimum Gasteiger partial charge on any atom is -0.449 e. The summed E-state index contributed by atoms with van der Waals surface area (Å²) in [6.45, 7) is 1.46. The van der Waals surface area contributed by atoms with Gasteiger partial charge in [0.15, 0.2) is 6.10 Å². The first-order chi connectivity index (χ1) is 10.9. The van der Waals surface area contributed by atoms with Crippen LogP contribution in [0.15, 0.2) is 35.7 Å². The number of esters is 1. The number of halogens is 1. The first kappa shape index (κ1) is 17.4. The Balaban J connectivity index is 1.99. The van der Waals surface area contributed by atoms with Crippen LogP contribution in [-0.4, -0.2) is 23.9 Å². The van der Waals surface area contributed by atoms with Crippen LogP contribution < -0.4 is 11.1 Å². The lowest BCUT2D eigenvalue weighted by Crippen LogP contribution is -2.30. The molecule has 1 atom stereocenters. The molecule has 0 bridgehead atoms. The number of primary amides is 1. The third-order valence-electron chi connectivity index (χ3n) is 2.90. The number of benzene rings is 1. The largest absolute Gasteiger partial charge is 0.449 e. The highest BCUT2D eigenvalue weighted by molar-refractivity contribution is 14.1. The molecule has 0 aliphatic heterocycles. The van der Waals surface area contributed by atoms with E-state index in [1.54, 1.807) is 29.6 Å². The van der Waals surface area contributed by atoms with Gasteiger partial charge in [-0.1, -0.05) is 0 Å². The van der Waals surface area contributed by atoms with E-state index in [1.807, 2.05) is 0 Å². The van der Waals surface area contributed by atoms with E-state index in [4.69, 9.17) is 10.5 Å². The fraction of sp³-hybridized carbons (Fsp3) is 0.133. The van der Waals surface area contributed by atoms with Crippen molar-refractivity contribution in [1.29, 1.82) is 0 Å². The van der Waals surface area contributed by atoms with Crippen LogP contribution in [0.25, 0.3) is 0 Å². The number of carbonyl (C=O) groups is 3. The summed E-state index contributed by atoms with van der Waals surface area (Å²) in [5, 5.41) is 4.51. The molecule has 0 saturated carbocycles. The molecule has 1 aromatic carbocycles. The summed E-state index contributed by atoms with van der Waals surface area (Å²) in [5.41, 5.74) is 5.79. The second-order valence-electron chi connectivity index (χ2n) is 4.57. The van der Waals surface area contributed by atoms with Crippen LogP contribution >= 0.6 is 33.9 Å². The molecule has 0 fully saturated rings. The van der Waals surface area contributed by atoms with Gasteiger partial charge in [0.1, 0.15) is 5.00 Å². The van der Waals surface area contributed by atoms with Crippen LogP contribution in [0, 0.1) is 3.57 Å². The fourth-order valence-electron chi connectivity index (χ4n) is 1.68. The highest BCUT2D eigenvalue weighted by Gasteiger charge is 2.21.